The molecule has 0 aliphatic heterocycles. The van der Waals surface area contributed by atoms with E-state index < -0.39 is 0 Å². The van der Waals surface area contributed by atoms with Crippen LogP contribution < -0.4 is 5.32 Å². The summed E-state index contributed by atoms with van der Waals surface area (Å²) in [6, 6.07) is 1.66. The summed E-state index contributed by atoms with van der Waals surface area (Å²) >= 11 is 0. The van der Waals surface area contributed by atoms with Crippen LogP contribution in [0.2, 0.25) is 0 Å². The first-order valence-corrected chi connectivity index (χ1v) is 6.91. The van der Waals surface area contributed by atoms with Crippen LogP contribution in [-0.2, 0) is 6.54 Å². The molecule has 7 nitrogen and oxygen atoms in total. The number of carbonyl (C=O) groups excluding carboxylic acids is 1. The summed E-state index contributed by atoms with van der Waals surface area (Å²) in [5, 5.41) is 10.7. The summed E-state index contributed by atoms with van der Waals surface area (Å²) < 4.78 is 6.91. The average Bonchev–Trinajstić information content (AvgIpc) is 3.05. The van der Waals surface area contributed by atoms with E-state index in [4.69, 9.17) is 4.52 Å². The maximum Gasteiger partial charge on any atom is 0.277 e. The van der Waals surface area contributed by atoms with Gasteiger partial charge in [-0.25, -0.2) is 0 Å². The summed E-state index contributed by atoms with van der Waals surface area (Å²) in [5.41, 5.74) is 0.924. The number of nitrogens with zero attached hydrogens (tertiary/aromatic N) is 4. The van der Waals surface area contributed by atoms with Gasteiger partial charge in [-0.2, -0.15) is 5.10 Å². The first kappa shape index (κ1) is 15.2. The molecule has 2 heterocycles. The van der Waals surface area contributed by atoms with Gasteiger partial charge in [-0.1, -0.05) is 19.0 Å². The van der Waals surface area contributed by atoms with Gasteiger partial charge in [0.05, 0.1) is 18.4 Å². The smallest absolute Gasteiger partial charge is 0.277 e. The van der Waals surface area contributed by atoms with Crippen molar-refractivity contribution in [3.63, 3.8) is 0 Å². The van der Waals surface area contributed by atoms with Crippen LogP contribution in [0.1, 0.15) is 36.0 Å². The normalized spacial score (nSPS) is 11.3. The molecule has 0 fully saturated rings. The number of anilines is 1. The number of nitrogens with one attached hydrogen (secondary N) is 1. The van der Waals surface area contributed by atoms with Crippen LogP contribution in [0.3, 0.4) is 0 Å². The zero-order chi connectivity index (χ0) is 15.4. The zero-order valence-electron chi connectivity index (χ0n) is 12.8. The fourth-order valence-corrected chi connectivity index (χ4v) is 1.72. The summed E-state index contributed by atoms with van der Waals surface area (Å²) in [7, 11) is 4.01. The topological polar surface area (TPSA) is 76.2 Å². The van der Waals surface area contributed by atoms with Crippen molar-refractivity contribution >= 4 is 11.6 Å². The van der Waals surface area contributed by atoms with Crippen LogP contribution in [0.25, 0.3) is 0 Å². The second kappa shape index (κ2) is 6.53. The van der Waals surface area contributed by atoms with Crippen molar-refractivity contribution in [2.75, 3.05) is 26.0 Å². The molecule has 0 saturated carbocycles. The van der Waals surface area contributed by atoms with Gasteiger partial charge in [-0.15, -0.1) is 0 Å². The molecule has 0 unspecified atom stereocenters. The van der Waals surface area contributed by atoms with E-state index in [0.717, 1.165) is 13.1 Å². The molecular weight excluding hydrogens is 270 g/mol. The van der Waals surface area contributed by atoms with Crippen LogP contribution in [0.4, 0.5) is 5.69 Å². The zero-order valence-corrected chi connectivity index (χ0v) is 12.8. The summed E-state index contributed by atoms with van der Waals surface area (Å²) in [6.45, 7) is 5.62. The lowest BCUT2D eigenvalue weighted by molar-refractivity contribution is 0.101. The molecule has 2 rings (SSSR count). The quantitative estimate of drug-likeness (QED) is 0.878. The van der Waals surface area contributed by atoms with E-state index in [1.165, 1.54) is 0 Å². The maximum absolute atomic E-state index is 12.0. The predicted molar refractivity (Wildman–Crippen MR) is 79.3 cm³/mol. The third kappa shape index (κ3) is 4.16. The Morgan fingerprint density at radius 3 is 2.86 bits per heavy atom. The number of amides is 1. The molecule has 1 amide bonds. The van der Waals surface area contributed by atoms with E-state index in [1.54, 1.807) is 23.1 Å². The molecule has 0 radical (unpaired) electrons. The fraction of sp³-hybridized carbons (Fsp3) is 0.500. The number of likely N-dealkylation sites (N-methyl/N-ethyl adjacent to an activating group) is 1. The van der Waals surface area contributed by atoms with Crippen molar-refractivity contribution in [3.8, 4) is 0 Å². The van der Waals surface area contributed by atoms with E-state index >= 15 is 0 Å². The summed E-state index contributed by atoms with van der Waals surface area (Å²) in [4.78, 5) is 14.1. The van der Waals surface area contributed by atoms with Crippen LogP contribution in [0, 0.1) is 0 Å². The highest BCUT2D eigenvalue weighted by atomic mass is 16.5. The molecule has 7 heteroatoms. The second-order valence-electron chi connectivity index (χ2n) is 5.52. The van der Waals surface area contributed by atoms with E-state index in [9.17, 15) is 4.79 Å². The minimum Gasteiger partial charge on any atom is -0.360 e. The Morgan fingerprint density at radius 1 is 1.48 bits per heavy atom. The molecule has 0 aliphatic carbocycles. The molecule has 0 atom stereocenters. The Bertz CT molecular complexity index is 600. The average molecular weight is 291 g/mol. The standard InChI is InChI=1S/C14H21N5O2/c1-10(2)13-7-12(17-21-13)14(20)16-11-8-15-19(9-11)6-5-18(3)4/h7-10H,5-6H2,1-4H3,(H,16,20). The van der Waals surface area contributed by atoms with Gasteiger partial charge in [0.1, 0.15) is 5.76 Å². The summed E-state index contributed by atoms with van der Waals surface area (Å²) in [5.74, 6) is 0.604. The van der Waals surface area contributed by atoms with Crippen LogP contribution in [0.15, 0.2) is 23.0 Å². The molecule has 2 aromatic rings. The van der Waals surface area contributed by atoms with Crippen molar-refractivity contribution in [3.05, 3.63) is 29.9 Å². The summed E-state index contributed by atoms with van der Waals surface area (Å²) in [6.07, 6.45) is 3.42. The Balaban J connectivity index is 1.95. The molecule has 0 aliphatic rings. The number of hydrogen-bond acceptors (Lipinski definition) is 5. The SMILES string of the molecule is CC(C)c1cc(C(=O)Nc2cnn(CCN(C)C)c2)no1. The maximum atomic E-state index is 12.0. The Hall–Kier alpha value is -2.15. The largest absolute Gasteiger partial charge is 0.360 e. The lowest BCUT2D eigenvalue weighted by Gasteiger charge is -2.08. The van der Waals surface area contributed by atoms with Crippen LogP contribution >= 0.6 is 0 Å². The molecular formula is C14H21N5O2. The van der Waals surface area contributed by atoms with E-state index in [1.807, 2.05) is 27.9 Å². The number of aromatic nitrogens is 3. The van der Waals surface area contributed by atoms with Gasteiger partial charge in [-0.3, -0.25) is 9.48 Å². The number of hydrogen-bond donors (Lipinski definition) is 1. The second-order valence-corrected chi connectivity index (χ2v) is 5.52. The van der Waals surface area contributed by atoms with E-state index in [2.05, 4.69) is 20.5 Å². The first-order chi connectivity index (χ1) is 9.95. The Labute approximate surface area is 123 Å². The van der Waals surface area contributed by atoms with Gasteiger partial charge >= 0.3 is 0 Å². The van der Waals surface area contributed by atoms with Crippen LogP contribution in [-0.4, -0.2) is 46.4 Å². The van der Waals surface area contributed by atoms with Crippen molar-refractivity contribution in [1.82, 2.24) is 19.8 Å². The third-order valence-electron chi connectivity index (χ3n) is 3.00. The Morgan fingerprint density at radius 2 is 2.24 bits per heavy atom. The lowest BCUT2D eigenvalue weighted by atomic mass is 10.1. The molecule has 21 heavy (non-hydrogen) atoms. The fourth-order valence-electron chi connectivity index (χ4n) is 1.72. The Kier molecular flexibility index (Phi) is 4.74. The predicted octanol–water partition coefficient (Wildman–Crippen LogP) is 1.81. The molecule has 0 aromatic carbocycles. The molecule has 0 saturated heterocycles. The first-order valence-electron chi connectivity index (χ1n) is 6.91. The van der Waals surface area contributed by atoms with Crippen molar-refractivity contribution in [2.45, 2.75) is 26.3 Å². The highest BCUT2D eigenvalue weighted by Gasteiger charge is 2.15. The molecule has 114 valence electrons. The molecule has 0 spiro atoms. The van der Waals surface area contributed by atoms with Gasteiger partial charge in [0, 0.05) is 24.7 Å². The monoisotopic (exact) mass is 291 g/mol. The van der Waals surface area contributed by atoms with Gasteiger partial charge in [0.25, 0.3) is 5.91 Å². The van der Waals surface area contributed by atoms with Crippen molar-refractivity contribution in [2.24, 2.45) is 0 Å². The third-order valence-corrected chi connectivity index (χ3v) is 3.00. The van der Waals surface area contributed by atoms with Gasteiger partial charge in [0.2, 0.25) is 0 Å². The van der Waals surface area contributed by atoms with Crippen molar-refractivity contribution in [1.29, 1.82) is 0 Å². The molecule has 1 N–H and O–H groups in total. The minimum atomic E-state index is -0.294. The van der Waals surface area contributed by atoms with Gasteiger partial charge in [0.15, 0.2) is 5.69 Å². The number of carbonyl (C=O) groups is 1. The van der Waals surface area contributed by atoms with Gasteiger partial charge < -0.3 is 14.7 Å². The molecule has 2 aromatic heterocycles. The highest BCUT2D eigenvalue weighted by Crippen LogP contribution is 2.16. The van der Waals surface area contributed by atoms with E-state index in [-0.39, 0.29) is 17.5 Å². The number of rotatable bonds is 6. The molecule has 0 bridgehead atoms. The van der Waals surface area contributed by atoms with Crippen molar-refractivity contribution < 1.29 is 9.32 Å². The lowest BCUT2D eigenvalue weighted by Crippen LogP contribution is -2.18. The highest BCUT2D eigenvalue weighted by molar-refractivity contribution is 6.02. The van der Waals surface area contributed by atoms with E-state index in [0.29, 0.717) is 11.4 Å². The van der Waals surface area contributed by atoms with Gasteiger partial charge in [-0.05, 0) is 14.1 Å². The van der Waals surface area contributed by atoms with Crippen LogP contribution in [0.5, 0.6) is 0 Å². The minimum absolute atomic E-state index is 0.202.